The number of anilines is 1. The fourth-order valence-corrected chi connectivity index (χ4v) is 4.51. The van der Waals surface area contributed by atoms with Gasteiger partial charge in [-0.05, 0) is 49.3 Å². The highest BCUT2D eigenvalue weighted by atomic mass is 32.1. The molecule has 0 spiro atoms. The molecule has 0 saturated heterocycles. The Hall–Kier alpha value is -2.14. The lowest BCUT2D eigenvalue weighted by Crippen LogP contribution is -2.19. The second-order valence-electron chi connectivity index (χ2n) is 6.19. The summed E-state index contributed by atoms with van der Waals surface area (Å²) in [5, 5.41) is 3.49. The van der Waals surface area contributed by atoms with Crippen molar-refractivity contribution in [3.05, 3.63) is 51.4 Å². The molecule has 1 aliphatic rings. The first kappa shape index (κ1) is 15.7. The Morgan fingerprint density at radius 1 is 1.30 bits per heavy atom. The summed E-state index contributed by atoms with van der Waals surface area (Å²) in [6.07, 6.45) is 2.85. The van der Waals surface area contributed by atoms with Gasteiger partial charge in [-0.1, -0.05) is 25.1 Å². The lowest BCUT2D eigenvalue weighted by molar-refractivity contribution is 0.1000. The second kappa shape index (κ2) is 6.16. The summed E-state index contributed by atoms with van der Waals surface area (Å²) in [7, 11) is 0. The van der Waals surface area contributed by atoms with Gasteiger partial charge in [0.15, 0.2) is 0 Å². The Kier molecular flexibility index (Phi) is 4.22. The van der Waals surface area contributed by atoms with E-state index < -0.39 is 5.91 Å². The highest BCUT2D eigenvalue weighted by molar-refractivity contribution is 7.17. The molecule has 0 fully saturated rings. The fourth-order valence-electron chi connectivity index (χ4n) is 3.10. The van der Waals surface area contributed by atoms with E-state index in [-0.39, 0.29) is 5.91 Å². The lowest BCUT2D eigenvalue weighted by atomic mass is 9.88. The monoisotopic (exact) mass is 328 g/mol. The number of thiophene rings is 1. The molecule has 3 rings (SSSR count). The van der Waals surface area contributed by atoms with Crippen molar-refractivity contribution in [3.63, 3.8) is 0 Å². The average molecular weight is 328 g/mol. The smallest absolute Gasteiger partial charge is 0.256 e. The summed E-state index contributed by atoms with van der Waals surface area (Å²) in [4.78, 5) is 25.6. The van der Waals surface area contributed by atoms with Crippen molar-refractivity contribution in [2.75, 3.05) is 5.32 Å². The Balaban J connectivity index is 1.96. The van der Waals surface area contributed by atoms with Crippen molar-refractivity contribution >= 4 is 28.2 Å². The highest BCUT2D eigenvalue weighted by Crippen LogP contribution is 2.39. The zero-order chi connectivity index (χ0) is 16.6. The molecule has 0 aliphatic heterocycles. The van der Waals surface area contributed by atoms with Gasteiger partial charge in [-0.15, -0.1) is 11.3 Å². The SMILES string of the molecule is Cc1ccccc1C(=O)Nc1sc2c(c1C(N)=O)CC[C@@H](C)C2. The van der Waals surface area contributed by atoms with Crippen LogP contribution in [0.4, 0.5) is 5.00 Å². The van der Waals surface area contributed by atoms with Crippen LogP contribution in [0.2, 0.25) is 0 Å². The topological polar surface area (TPSA) is 72.2 Å². The minimum absolute atomic E-state index is 0.197. The standard InChI is InChI=1S/C18H20N2O2S/c1-10-7-8-13-14(9-10)23-18(15(13)16(19)21)20-17(22)12-6-4-3-5-11(12)2/h3-6,10H,7-9H2,1-2H3,(H2,19,21)(H,20,22)/t10-/m1/s1. The summed E-state index contributed by atoms with van der Waals surface area (Å²) < 4.78 is 0. The van der Waals surface area contributed by atoms with E-state index in [2.05, 4.69) is 12.2 Å². The van der Waals surface area contributed by atoms with Crippen LogP contribution in [0.15, 0.2) is 24.3 Å². The maximum atomic E-state index is 12.5. The van der Waals surface area contributed by atoms with E-state index in [0.29, 0.717) is 22.0 Å². The van der Waals surface area contributed by atoms with Crippen LogP contribution >= 0.6 is 11.3 Å². The van der Waals surface area contributed by atoms with Crippen molar-refractivity contribution in [1.29, 1.82) is 0 Å². The van der Waals surface area contributed by atoms with Gasteiger partial charge in [-0.3, -0.25) is 9.59 Å². The first-order valence-corrected chi connectivity index (χ1v) is 8.60. The van der Waals surface area contributed by atoms with Crippen LogP contribution in [0.1, 0.15) is 50.1 Å². The molecular weight excluding hydrogens is 308 g/mol. The van der Waals surface area contributed by atoms with Gasteiger partial charge in [0.2, 0.25) is 0 Å². The third-order valence-electron chi connectivity index (χ3n) is 4.37. The first-order chi connectivity index (χ1) is 11.0. The van der Waals surface area contributed by atoms with Gasteiger partial charge in [0, 0.05) is 10.4 Å². The van der Waals surface area contributed by atoms with Crippen molar-refractivity contribution in [3.8, 4) is 0 Å². The van der Waals surface area contributed by atoms with Crippen LogP contribution in [-0.2, 0) is 12.8 Å². The summed E-state index contributed by atoms with van der Waals surface area (Å²) in [5.41, 5.74) is 8.62. The van der Waals surface area contributed by atoms with Gasteiger partial charge < -0.3 is 11.1 Å². The van der Waals surface area contributed by atoms with Gasteiger partial charge in [0.1, 0.15) is 5.00 Å². The molecule has 23 heavy (non-hydrogen) atoms. The summed E-state index contributed by atoms with van der Waals surface area (Å²) >= 11 is 1.49. The molecule has 4 nitrogen and oxygen atoms in total. The zero-order valence-corrected chi connectivity index (χ0v) is 14.1. The van der Waals surface area contributed by atoms with E-state index in [1.54, 1.807) is 6.07 Å². The van der Waals surface area contributed by atoms with Crippen molar-refractivity contribution in [2.45, 2.75) is 33.1 Å². The molecule has 0 radical (unpaired) electrons. The van der Waals surface area contributed by atoms with Crippen molar-refractivity contribution in [2.24, 2.45) is 11.7 Å². The van der Waals surface area contributed by atoms with E-state index in [9.17, 15) is 9.59 Å². The number of nitrogens with one attached hydrogen (secondary N) is 1. The molecule has 0 saturated carbocycles. The Bertz CT molecular complexity index is 779. The molecule has 2 amide bonds. The number of nitrogens with two attached hydrogens (primary N) is 1. The number of rotatable bonds is 3. The maximum Gasteiger partial charge on any atom is 0.256 e. The third-order valence-corrected chi connectivity index (χ3v) is 5.54. The number of aryl methyl sites for hydroxylation is 1. The van der Waals surface area contributed by atoms with E-state index in [1.807, 2.05) is 25.1 Å². The van der Waals surface area contributed by atoms with Gasteiger partial charge in [0.05, 0.1) is 5.56 Å². The quantitative estimate of drug-likeness (QED) is 0.904. The summed E-state index contributed by atoms with van der Waals surface area (Å²) in [6, 6.07) is 7.40. The molecule has 1 aromatic heterocycles. The lowest BCUT2D eigenvalue weighted by Gasteiger charge is -2.18. The first-order valence-electron chi connectivity index (χ1n) is 7.78. The van der Waals surface area contributed by atoms with Crippen LogP contribution in [0.25, 0.3) is 0 Å². The predicted molar refractivity (Wildman–Crippen MR) is 93.2 cm³/mol. The molecule has 1 aliphatic carbocycles. The number of hydrogen-bond donors (Lipinski definition) is 2. The van der Waals surface area contributed by atoms with E-state index in [4.69, 9.17) is 5.73 Å². The molecule has 3 N–H and O–H groups in total. The van der Waals surface area contributed by atoms with Crippen LogP contribution in [0.5, 0.6) is 0 Å². The molecule has 1 heterocycles. The molecular formula is C18H20N2O2S. The number of hydrogen-bond acceptors (Lipinski definition) is 3. The Morgan fingerprint density at radius 2 is 2.04 bits per heavy atom. The molecule has 0 bridgehead atoms. The van der Waals surface area contributed by atoms with Crippen LogP contribution in [-0.4, -0.2) is 11.8 Å². The fraction of sp³-hybridized carbons (Fsp3) is 0.333. The third kappa shape index (κ3) is 3.01. The molecule has 120 valence electrons. The second-order valence-corrected chi connectivity index (χ2v) is 7.29. The molecule has 5 heteroatoms. The highest BCUT2D eigenvalue weighted by Gasteiger charge is 2.27. The average Bonchev–Trinajstić information content (AvgIpc) is 2.84. The van der Waals surface area contributed by atoms with Gasteiger partial charge >= 0.3 is 0 Å². The number of carbonyl (C=O) groups excluding carboxylic acids is 2. The van der Waals surface area contributed by atoms with Gasteiger partial charge in [0.25, 0.3) is 11.8 Å². The zero-order valence-electron chi connectivity index (χ0n) is 13.3. The minimum Gasteiger partial charge on any atom is -0.365 e. The number of fused-ring (bicyclic) bond motifs is 1. The van der Waals surface area contributed by atoms with Crippen molar-refractivity contribution < 1.29 is 9.59 Å². The van der Waals surface area contributed by atoms with E-state index >= 15 is 0 Å². The van der Waals surface area contributed by atoms with Gasteiger partial charge in [-0.2, -0.15) is 0 Å². The maximum absolute atomic E-state index is 12.5. The molecule has 1 aromatic carbocycles. The van der Waals surface area contributed by atoms with Gasteiger partial charge in [-0.25, -0.2) is 0 Å². The number of primary amides is 1. The predicted octanol–water partition coefficient (Wildman–Crippen LogP) is 3.53. The van der Waals surface area contributed by atoms with Crippen LogP contribution < -0.4 is 11.1 Å². The number of carbonyl (C=O) groups is 2. The largest absolute Gasteiger partial charge is 0.365 e. The summed E-state index contributed by atoms with van der Waals surface area (Å²) in [6.45, 7) is 4.10. The minimum atomic E-state index is -0.461. The van der Waals surface area contributed by atoms with Crippen molar-refractivity contribution in [1.82, 2.24) is 0 Å². The molecule has 0 unspecified atom stereocenters. The number of amides is 2. The Labute approximate surface area is 139 Å². The van der Waals surface area contributed by atoms with Crippen LogP contribution in [0, 0.1) is 12.8 Å². The summed E-state index contributed by atoms with van der Waals surface area (Å²) in [5.74, 6) is -0.0591. The molecule has 2 aromatic rings. The molecule has 1 atom stereocenters. The normalized spacial score (nSPS) is 16.7. The Morgan fingerprint density at radius 3 is 2.74 bits per heavy atom. The number of benzene rings is 1. The van der Waals surface area contributed by atoms with E-state index in [0.717, 1.165) is 30.4 Å². The van der Waals surface area contributed by atoms with E-state index in [1.165, 1.54) is 16.2 Å². The van der Waals surface area contributed by atoms with Crippen LogP contribution in [0.3, 0.4) is 0 Å².